The first-order valence-corrected chi connectivity index (χ1v) is 8.04. The lowest BCUT2D eigenvalue weighted by molar-refractivity contribution is -0.132. The Balaban J connectivity index is 1.73. The van der Waals surface area contributed by atoms with Gasteiger partial charge < -0.3 is 9.88 Å². The maximum Gasteiger partial charge on any atom is 0.251 e. The summed E-state index contributed by atoms with van der Waals surface area (Å²) < 4.78 is 0. The molecule has 1 aromatic carbocycles. The fraction of sp³-hybridized carbons (Fsp3) is 0.444. The van der Waals surface area contributed by atoms with Crippen LogP contribution in [0, 0.1) is 6.92 Å². The van der Waals surface area contributed by atoms with Crippen molar-refractivity contribution in [3.05, 3.63) is 45.7 Å². The highest BCUT2D eigenvalue weighted by atomic mass is 16.2. The maximum atomic E-state index is 12.2. The number of piperidine rings is 1. The molecule has 0 unspecified atom stereocenters. The molecule has 0 atom stereocenters. The van der Waals surface area contributed by atoms with E-state index in [4.69, 9.17) is 0 Å². The molecule has 4 nitrogen and oxygen atoms in total. The molecule has 0 spiro atoms. The van der Waals surface area contributed by atoms with Crippen LogP contribution in [0.25, 0.3) is 10.9 Å². The van der Waals surface area contributed by atoms with Crippen molar-refractivity contribution in [2.45, 2.75) is 39.0 Å². The third-order valence-corrected chi connectivity index (χ3v) is 4.40. The van der Waals surface area contributed by atoms with Crippen molar-refractivity contribution in [2.75, 3.05) is 13.1 Å². The van der Waals surface area contributed by atoms with Crippen molar-refractivity contribution in [1.29, 1.82) is 0 Å². The molecule has 3 rings (SSSR count). The third-order valence-electron chi connectivity index (χ3n) is 4.40. The molecule has 2 heterocycles. The second-order valence-electron chi connectivity index (χ2n) is 6.16. The Morgan fingerprint density at radius 2 is 1.95 bits per heavy atom. The van der Waals surface area contributed by atoms with Crippen LogP contribution in [-0.2, 0) is 11.2 Å². The molecule has 0 saturated carbocycles. The van der Waals surface area contributed by atoms with Gasteiger partial charge in [0.05, 0.1) is 0 Å². The van der Waals surface area contributed by atoms with E-state index in [1.54, 1.807) is 0 Å². The Morgan fingerprint density at radius 3 is 2.73 bits per heavy atom. The molecule has 0 bridgehead atoms. The highest BCUT2D eigenvalue weighted by Gasteiger charge is 2.16. The van der Waals surface area contributed by atoms with Gasteiger partial charge >= 0.3 is 0 Å². The number of hydrogen-bond acceptors (Lipinski definition) is 2. The number of aromatic nitrogens is 1. The number of amides is 1. The highest BCUT2D eigenvalue weighted by molar-refractivity contribution is 5.80. The van der Waals surface area contributed by atoms with Crippen LogP contribution in [0.3, 0.4) is 0 Å². The van der Waals surface area contributed by atoms with Gasteiger partial charge in [-0.1, -0.05) is 12.1 Å². The van der Waals surface area contributed by atoms with Crippen LogP contribution in [0.15, 0.2) is 29.1 Å². The summed E-state index contributed by atoms with van der Waals surface area (Å²) in [4.78, 5) is 29.2. The van der Waals surface area contributed by atoms with E-state index in [0.29, 0.717) is 18.4 Å². The van der Waals surface area contributed by atoms with Gasteiger partial charge in [-0.15, -0.1) is 0 Å². The molecule has 1 amide bonds. The first kappa shape index (κ1) is 14.8. The minimum Gasteiger partial charge on any atom is -0.343 e. The zero-order valence-electron chi connectivity index (χ0n) is 13.0. The number of aromatic amines is 1. The van der Waals surface area contributed by atoms with Crippen molar-refractivity contribution in [1.82, 2.24) is 9.88 Å². The summed E-state index contributed by atoms with van der Waals surface area (Å²) in [6.45, 7) is 3.74. The number of nitrogens with zero attached hydrogens (tertiary/aromatic N) is 1. The molecule has 1 aliphatic heterocycles. The van der Waals surface area contributed by atoms with Gasteiger partial charge in [0.15, 0.2) is 0 Å². The van der Waals surface area contributed by atoms with Crippen LogP contribution in [0.5, 0.6) is 0 Å². The summed E-state index contributed by atoms with van der Waals surface area (Å²) in [7, 11) is 0. The normalized spacial score (nSPS) is 15.2. The average molecular weight is 298 g/mol. The first-order chi connectivity index (χ1) is 10.6. The molecule has 1 aliphatic rings. The number of nitrogens with one attached hydrogen (secondary N) is 1. The first-order valence-electron chi connectivity index (χ1n) is 8.04. The predicted molar refractivity (Wildman–Crippen MR) is 88.1 cm³/mol. The molecule has 2 aromatic rings. The largest absolute Gasteiger partial charge is 0.343 e. The van der Waals surface area contributed by atoms with Crippen molar-refractivity contribution >= 4 is 16.8 Å². The number of pyridine rings is 1. The SMILES string of the molecule is Cc1ccc2cc(CCC(=O)N3CCCCC3)c(=O)[nH]c2c1. The highest BCUT2D eigenvalue weighted by Crippen LogP contribution is 2.15. The third kappa shape index (κ3) is 3.21. The monoisotopic (exact) mass is 298 g/mol. The Hall–Kier alpha value is -2.10. The quantitative estimate of drug-likeness (QED) is 0.947. The fourth-order valence-electron chi connectivity index (χ4n) is 3.09. The molecule has 0 aliphatic carbocycles. The van der Waals surface area contributed by atoms with Gasteiger partial charge in [0.1, 0.15) is 0 Å². The number of benzene rings is 1. The number of rotatable bonds is 3. The van der Waals surface area contributed by atoms with E-state index in [0.717, 1.165) is 42.4 Å². The Labute approximate surface area is 130 Å². The molecule has 22 heavy (non-hydrogen) atoms. The van der Waals surface area contributed by atoms with E-state index in [-0.39, 0.29) is 11.5 Å². The van der Waals surface area contributed by atoms with Gasteiger partial charge in [-0.3, -0.25) is 9.59 Å². The second kappa shape index (κ2) is 6.34. The number of likely N-dealkylation sites (tertiary alicyclic amines) is 1. The number of carbonyl (C=O) groups is 1. The molecule has 4 heteroatoms. The molecule has 1 aromatic heterocycles. The van der Waals surface area contributed by atoms with Gasteiger partial charge in [0.2, 0.25) is 5.91 Å². The predicted octanol–water partition coefficient (Wildman–Crippen LogP) is 2.78. The molecule has 116 valence electrons. The summed E-state index contributed by atoms with van der Waals surface area (Å²) in [5.41, 5.74) is 2.60. The summed E-state index contributed by atoms with van der Waals surface area (Å²) in [6.07, 6.45) is 4.34. The molecule has 1 N–H and O–H groups in total. The minimum atomic E-state index is -0.0791. The van der Waals surface area contributed by atoms with E-state index in [1.165, 1.54) is 6.42 Å². The summed E-state index contributed by atoms with van der Waals surface area (Å²) >= 11 is 0. The zero-order valence-corrected chi connectivity index (χ0v) is 13.0. The Bertz CT molecular complexity index is 742. The van der Waals surface area contributed by atoms with E-state index in [2.05, 4.69) is 4.98 Å². The van der Waals surface area contributed by atoms with Crippen LogP contribution in [0.2, 0.25) is 0 Å². The molecular formula is C18H22N2O2. The fourth-order valence-corrected chi connectivity index (χ4v) is 3.09. The Morgan fingerprint density at radius 1 is 1.18 bits per heavy atom. The molecule has 1 fully saturated rings. The average Bonchev–Trinajstić information content (AvgIpc) is 2.53. The van der Waals surface area contributed by atoms with Crippen LogP contribution in [0.1, 0.15) is 36.8 Å². The topological polar surface area (TPSA) is 53.2 Å². The molecular weight excluding hydrogens is 276 g/mol. The van der Waals surface area contributed by atoms with Gasteiger partial charge in [0.25, 0.3) is 5.56 Å². The van der Waals surface area contributed by atoms with E-state index in [9.17, 15) is 9.59 Å². The second-order valence-corrected chi connectivity index (χ2v) is 6.16. The van der Waals surface area contributed by atoms with Gasteiger partial charge in [-0.05, 0) is 55.7 Å². The van der Waals surface area contributed by atoms with Crippen LogP contribution < -0.4 is 5.56 Å². The Kier molecular flexibility index (Phi) is 4.27. The van der Waals surface area contributed by atoms with Crippen LogP contribution in [0.4, 0.5) is 0 Å². The molecule has 0 radical (unpaired) electrons. The number of H-pyrrole nitrogens is 1. The van der Waals surface area contributed by atoms with Crippen LogP contribution >= 0.6 is 0 Å². The van der Waals surface area contributed by atoms with Crippen molar-refractivity contribution in [3.8, 4) is 0 Å². The van der Waals surface area contributed by atoms with E-state index in [1.807, 2.05) is 36.1 Å². The van der Waals surface area contributed by atoms with Gasteiger partial charge in [0, 0.05) is 30.6 Å². The van der Waals surface area contributed by atoms with E-state index < -0.39 is 0 Å². The molecule has 1 saturated heterocycles. The smallest absolute Gasteiger partial charge is 0.251 e. The lowest BCUT2D eigenvalue weighted by atomic mass is 10.1. The number of carbonyl (C=O) groups excluding carboxylic acids is 1. The van der Waals surface area contributed by atoms with Crippen molar-refractivity contribution in [3.63, 3.8) is 0 Å². The summed E-state index contributed by atoms with van der Waals surface area (Å²) in [5.74, 6) is 0.170. The van der Waals surface area contributed by atoms with Gasteiger partial charge in [-0.2, -0.15) is 0 Å². The number of hydrogen-bond donors (Lipinski definition) is 1. The maximum absolute atomic E-state index is 12.2. The van der Waals surface area contributed by atoms with E-state index >= 15 is 0 Å². The van der Waals surface area contributed by atoms with Gasteiger partial charge in [-0.25, -0.2) is 0 Å². The van der Waals surface area contributed by atoms with Crippen molar-refractivity contribution < 1.29 is 4.79 Å². The van der Waals surface area contributed by atoms with Crippen molar-refractivity contribution in [2.24, 2.45) is 0 Å². The standard InChI is InChI=1S/C18H22N2O2/c1-13-5-6-14-12-15(18(22)19-16(14)11-13)7-8-17(21)20-9-3-2-4-10-20/h5-6,11-12H,2-4,7-10H2,1H3,(H,19,22). The lowest BCUT2D eigenvalue weighted by Crippen LogP contribution is -2.35. The lowest BCUT2D eigenvalue weighted by Gasteiger charge is -2.26. The number of aryl methyl sites for hydroxylation is 2. The summed E-state index contributed by atoms with van der Waals surface area (Å²) in [5, 5.41) is 1.02. The number of fused-ring (bicyclic) bond motifs is 1. The zero-order chi connectivity index (χ0) is 15.5. The minimum absolute atomic E-state index is 0.0791. The summed E-state index contributed by atoms with van der Waals surface area (Å²) in [6, 6.07) is 7.93. The van der Waals surface area contributed by atoms with Crippen LogP contribution in [-0.4, -0.2) is 28.9 Å².